The molecule has 21 heavy (non-hydrogen) atoms. The van der Waals surface area contributed by atoms with E-state index in [1.807, 2.05) is 6.92 Å². The predicted octanol–water partition coefficient (Wildman–Crippen LogP) is 2.68. The second-order valence-electron chi connectivity index (χ2n) is 4.64. The third-order valence-electron chi connectivity index (χ3n) is 3.23. The molecule has 0 bridgehead atoms. The maximum atomic E-state index is 12.3. The van der Waals surface area contributed by atoms with E-state index in [0.717, 1.165) is 7.11 Å². The van der Waals surface area contributed by atoms with E-state index < -0.39 is 27.3 Å². The summed E-state index contributed by atoms with van der Waals surface area (Å²) in [4.78, 5) is 12.2. The van der Waals surface area contributed by atoms with Gasteiger partial charge in [-0.2, -0.15) is 8.42 Å². The molecule has 1 aromatic carbocycles. The number of benzene rings is 1. The molecule has 0 aliphatic carbocycles. The van der Waals surface area contributed by atoms with Gasteiger partial charge in [-0.3, -0.25) is 8.98 Å². The van der Waals surface area contributed by atoms with Crippen molar-refractivity contribution in [3.63, 3.8) is 0 Å². The van der Waals surface area contributed by atoms with Crippen LogP contribution in [0.25, 0.3) is 0 Å². The van der Waals surface area contributed by atoms with Crippen molar-refractivity contribution < 1.29 is 22.1 Å². The van der Waals surface area contributed by atoms with Gasteiger partial charge in [-0.1, -0.05) is 43.7 Å². The summed E-state index contributed by atoms with van der Waals surface area (Å²) < 4.78 is 34.3. The number of carbonyl (C=O) groups excluding carboxylic acids is 1. The maximum Gasteiger partial charge on any atom is 0.310 e. The van der Waals surface area contributed by atoms with Crippen LogP contribution in [-0.2, 0) is 23.8 Å². The lowest BCUT2D eigenvalue weighted by Gasteiger charge is -2.24. The Labute approximate surface area is 126 Å². The van der Waals surface area contributed by atoms with Crippen LogP contribution < -0.4 is 0 Å². The Hall–Kier alpha value is -1.40. The number of rotatable bonds is 8. The summed E-state index contributed by atoms with van der Waals surface area (Å²) in [5, 5.41) is -1.05. The molecule has 118 valence electrons. The Morgan fingerprint density at radius 3 is 2.29 bits per heavy atom. The summed E-state index contributed by atoms with van der Waals surface area (Å²) in [6.07, 6.45) is 1.09. The molecule has 0 N–H and O–H groups in total. The van der Waals surface area contributed by atoms with Crippen LogP contribution in [0.4, 0.5) is 0 Å². The molecule has 0 fully saturated rings. The third kappa shape index (κ3) is 4.54. The standard InChI is InChI=1S/C15H22O5S/c1-4-9-13(15(16)20-5-2)14(21(17,18)19-3)12-10-7-6-8-11-12/h6-8,10-11,13-14H,4-5,9H2,1-3H3/t13-,14-/m0/s1. The molecule has 0 aliphatic rings. The molecular formula is C15H22O5S. The van der Waals surface area contributed by atoms with Crippen molar-refractivity contribution in [1.82, 2.24) is 0 Å². The monoisotopic (exact) mass is 314 g/mol. The molecule has 0 unspecified atom stereocenters. The highest BCUT2D eigenvalue weighted by Gasteiger charge is 2.39. The number of hydrogen-bond donors (Lipinski definition) is 0. The van der Waals surface area contributed by atoms with Gasteiger partial charge in [0.2, 0.25) is 0 Å². The van der Waals surface area contributed by atoms with Crippen LogP contribution in [-0.4, -0.2) is 28.1 Å². The van der Waals surface area contributed by atoms with Crippen molar-refractivity contribution in [2.75, 3.05) is 13.7 Å². The van der Waals surface area contributed by atoms with Gasteiger partial charge >= 0.3 is 5.97 Å². The predicted molar refractivity (Wildman–Crippen MR) is 80.1 cm³/mol. The Kier molecular flexibility index (Phi) is 6.84. The number of esters is 1. The van der Waals surface area contributed by atoms with E-state index in [1.165, 1.54) is 0 Å². The fourth-order valence-corrected chi connectivity index (χ4v) is 3.65. The van der Waals surface area contributed by atoms with Gasteiger partial charge in [0.15, 0.2) is 0 Å². The average molecular weight is 314 g/mol. The third-order valence-corrected chi connectivity index (χ3v) is 4.91. The zero-order valence-electron chi connectivity index (χ0n) is 12.6. The SMILES string of the molecule is CCC[C@H](C(=O)OCC)[C@H](c1ccccc1)S(=O)(=O)OC. The normalized spacial score (nSPS) is 14.4. The fraction of sp³-hybridized carbons (Fsp3) is 0.533. The summed E-state index contributed by atoms with van der Waals surface area (Å²) in [6.45, 7) is 3.81. The van der Waals surface area contributed by atoms with Crippen molar-refractivity contribution in [3.8, 4) is 0 Å². The van der Waals surface area contributed by atoms with E-state index in [-0.39, 0.29) is 6.61 Å². The molecule has 0 radical (unpaired) electrons. The van der Waals surface area contributed by atoms with Crippen molar-refractivity contribution in [2.24, 2.45) is 5.92 Å². The minimum absolute atomic E-state index is 0.216. The summed E-state index contributed by atoms with van der Waals surface area (Å²) in [5.74, 6) is -1.28. The molecule has 0 saturated heterocycles. The van der Waals surface area contributed by atoms with Gasteiger partial charge < -0.3 is 4.74 Å². The Bertz CT molecular complexity index is 538. The highest BCUT2D eigenvalue weighted by atomic mass is 32.2. The summed E-state index contributed by atoms with van der Waals surface area (Å²) in [6, 6.07) is 8.63. The van der Waals surface area contributed by atoms with Gasteiger partial charge in [-0.05, 0) is 18.9 Å². The van der Waals surface area contributed by atoms with E-state index in [2.05, 4.69) is 4.18 Å². The quantitative estimate of drug-likeness (QED) is 0.545. The Morgan fingerprint density at radius 2 is 1.81 bits per heavy atom. The molecule has 0 amide bonds. The van der Waals surface area contributed by atoms with Crippen LogP contribution in [0.15, 0.2) is 30.3 Å². The van der Waals surface area contributed by atoms with E-state index in [9.17, 15) is 13.2 Å². The van der Waals surface area contributed by atoms with Gasteiger partial charge in [0, 0.05) is 0 Å². The summed E-state index contributed by atoms with van der Waals surface area (Å²) in [7, 11) is -2.79. The molecule has 1 aromatic rings. The number of ether oxygens (including phenoxy) is 1. The van der Waals surface area contributed by atoms with Gasteiger partial charge in [-0.25, -0.2) is 0 Å². The lowest BCUT2D eigenvalue weighted by atomic mass is 9.94. The molecular weight excluding hydrogens is 292 g/mol. The highest BCUT2D eigenvalue weighted by Crippen LogP contribution is 2.35. The number of hydrogen-bond acceptors (Lipinski definition) is 5. The molecule has 0 heterocycles. The van der Waals surface area contributed by atoms with Crippen molar-refractivity contribution in [2.45, 2.75) is 31.9 Å². The first-order chi connectivity index (χ1) is 9.97. The van der Waals surface area contributed by atoms with Crippen molar-refractivity contribution in [1.29, 1.82) is 0 Å². The molecule has 5 nitrogen and oxygen atoms in total. The summed E-state index contributed by atoms with van der Waals surface area (Å²) in [5.41, 5.74) is 0.533. The largest absolute Gasteiger partial charge is 0.466 e. The number of carbonyl (C=O) groups is 1. The van der Waals surface area contributed by atoms with Gasteiger partial charge in [0.25, 0.3) is 10.1 Å². The first-order valence-electron chi connectivity index (χ1n) is 6.98. The first kappa shape index (κ1) is 17.7. The van der Waals surface area contributed by atoms with Gasteiger partial charge in [0.05, 0.1) is 19.6 Å². The smallest absolute Gasteiger partial charge is 0.310 e. The molecule has 6 heteroatoms. The van der Waals surface area contributed by atoms with Crippen molar-refractivity contribution >= 4 is 16.1 Å². The van der Waals surface area contributed by atoms with Crippen LogP contribution in [0.3, 0.4) is 0 Å². The highest BCUT2D eigenvalue weighted by molar-refractivity contribution is 7.87. The first-order valence-corrected chi connectivity index (χ1v) is 8.46. The minimum atomic E-state index is -3.90. The Balaban J connectivity index is 3.29. The summed E-state index contributed by atoms with van der Waals surface area (Å²) >= 11 is 0. The second kappa shape index (κ2) is 8.14. The molecule has 0 aliphatic heterocycles. The topological polar surface area (TPSA) is 69.7 Å². The fourth-order valence-electron chi connectivity index (χ4n) is 2.30. The molecule has 0 spiro atoms. The molecule has 0 saturated carbocycles. The lowest BCUT2D eigenvalue weighted by molar-refractivity contribution is -0.148. The minimum Gasteiger partial charge on any atom is -0.466 e. The molecule has 2 atom stereocenters. The maximum absolute atomic E-state index is 12.3. The van der Waals surface area contributed by atoms with E-state index >= 15 is 0 Å². The van der Waals surface area contributed by atoms with Crippen LogP contribution in [0.2, 0.25) is 0 Å². The van der Waals surface area contributed by atoms with E-state index in [4.69, 9.17) is 4.74 Å². The van der Waals surface area contributed by atoms with Crippen molar-refractivity contribution in [3.05, 3.63) is 35.9 Å². The second-order valence-corrected chi connectivity index (χ2v) is 6.46. The van der Waals surface area contributed by atoms with Gasteiger partial charge in [0.1, 0.15) is 5.25 Å². The van der Waals surface area contributed by atoms with E-state index in [1.54, 1.807) is 37.3 Å². The average Bonchev–Trinajstić information content (AvgIpc) is 2.48. The van der Waals surface area contributed by atoms with E-state index in [0.29, 0.717) is 18.4 Å². The van der Waals surface area contributed by atoms with Crippen LogP contribution in [0, 0.1) is 5.92 Å². The molecule has 0 aromatic heterocycles. The molecule has 1 rings (SSSR count). The van der Waals surface area contributed by atoms with Crippen LogP contribution >= 0.6 is 0 Å². The van der Waals surface area contributed by atoms with Crippen LogP contribution in [0.5, 0.6) is 0 Å². The van der Waals surface area contributed by atoms with Crippen LogP contribution in [0.1, 0.15) is 37.5 Å². The zero-order valence-corrected chi connectivity index (χ0v) is 13.4. The zero-order chi connectivity index (χ0) is 15.9. The Morgan fingerprint density at radius 1 is 1.19 bits per heavy atom. The lowest BCUT2D eigenvalue weighted by Crippen LogP contribution is -2.30. The van der Waals surface area contributed by atoms with Gasteiger partial charge in [-0.15, -0.1) is 0 Å².